The Hall–Kier alpha value is -1.70. The van der Waals surface area contributed by atoms with E-state index >= 15 is 0 Å². The number of hydrogen-bond acceptors (Lipinski definition) is 6. The molecule has 1 aromatic carbocycles. The molecule has 144 valence electrons. The molecule has 2 saturated heterocycles. The van der Waals surface area contributed by atoms with Gasteiger partial charge in [-0.1, -0.05) is 28.1 Å². The van der Waals surface area contributed by atoms with E-state index in [0.29, 0.717) is 0 Å². The zero-order chi connectivity index (χ0) is 18.5. The Kier molecular flexibility index (Phi) is 6.21. The van der Waals surface area contributed by atoms with E-state index in [2.05, 4.69) is 77.2 Å². The Bertz CT molecular complexity index is 710. The van der Waals surface area contributed by atoms with Crippen molar-refractivity contribution >= 4 is 27.6 Å². The normalized spacial score (nSPS) is 18.7. The Balaban J connectivity index is 1.25. The number of hydrogen-bond donors (Lipinski definition) is 0. The van der Waals surface area contributed by atoms with Crippen molar-refractivity contribution in [1.82, 2.24) is 15.1 Å². The van der Waals surface area contributed by atoms with Gasteiger partial charge in [0.05, 0.1) is 13.2 Å². The van der Waals surface area contributed by atoms with Gasteiger partial charge in [-0.05, 0) is 36.2 Å². The molecule has 1 aromatic heterocycles. The van der Waals surface area contributed by atoms with Crippen LogP contribution in [0.1, 0.15) is 5.56 Å². The van der Waals surface area contributed by atoms with Crippen molar-refractivity contribution in [3.8, 4) is 0 Å². The van der Waals surface area contributed by atoms with Gasteiger partial charge >= 0.3 is 0 Å². The molecule has 0 amide bonds. The van der Waals surface area contributed by atoms with Crippen LogP contribution >= 0.6 is 15.9 Å². The lowest BCUT2D eigenvalue weighted by atomic mass is 10.1. The van der Waals surface area contributed by atoms with Crippen LogP contribution in [0.2, 0.25) is 0 Å². The summed E-state index contributed by atoms with van der Waals surface area (Å²) in [5.41, 5.74) is 1.39. The number of ether oxygens (including phenoxy) is 1. The van der Waals surface area contributed by atoms with Crippen molar-refractivity contribution in [3.05, 3.63) is 46.4 Å². The Morgan fingerprint density at radius 3 is 1.96 bits per heavy atom. The third kappa shape index (κ3) is 4.97. The molecule has 4 rings (SSSR count). The minimum absolute atomic E-state index is 0.769. The predicted molar refractivity (Wildman–Crippen MR) is 112 cm³/mol. The smallest absolute Gasteiger partial charge is 0.151 e. The van der Waals surface area contributed by atoms with E-state index in [1.54, 1.807) is 0 Å². The van der Waals surface area contributed by atoms with Crippen molar-refractivity contribution < 1.29 is 4.74 Å². The molecule has 6 nitrogen and oxygen atoms in total. The van der Waals surface area contributed by atoms with Crippen molar-refractivity contribution in [1.29, 1.82) is 0 Å². The molecule has 3 heterocycles. The summed E-state index contributed by atoms with van der Waals surface area (Å²) in [5, 5.41) is 8.92. The van der Waals surface area contributed by atoms with Gasteiger partial charge in [-0.25, -0.2) is 0 Å². The van der Waals surface area contributed by atoms with E-state index in [1.165, 1.54) is 5.56 Å². The van der Waals surface area contributed by atoms with Gasteiger partial charge in [-0.3, -0.25) is 4.90 Å². The summed E-state index contributed by atoms with van der Waals surface area (Å²) in [5.74, 6) is 1.94. The molecule has 0 aliphatic carbocycles. The third-order valence-electron chi connectivity index (χ3n) is 5.30. The van der Waals surface area contributed by atoms with Gasteiger partial charge in [0.2, 0.25) is 0 Å². The highest BCUT2D eigenvalue weighted by Crippen LogP contribution is 2.18. The van der Waals surface area contributed by atoms with Crippen molar-refractivity contribution in [3.63, 3.8) is 0 Å². The lowest BCUT2D eigenvalue weighted by Crippen LogP contribution is -2.47. The Morgan fingerprint density at radius 2 is 1.37 bits per heavy atom. The second kappa shape index (κ2) is 8.99. The summed E-state index contributed by atoms with van der Waals surface area (Å²) >= 11 is 3.49. The van der Waals surface area contributed by atoms with Crippen LogP contribution in [0.4, 0.5) is 11.6 Å². The molecular weight excluding hydrogens is 406 g/mol. The molecular formula is C20H26BrN5O. The van der Waals surface area contributed by atoms with Crippen LogP contribution in [0.25, 0.3) is 0 Å². The first-order valence-corrected chi connectivity index (χ1v) is 10.5. The number of benzene rings is 1. The highest BCUT2D eigenvalue weighted by Gasteiger charge is 2.19. The molecule has 2 aromatic rings. The number of morpholine rings is 1. The highest BCUT2D eigenvalue weighted by molar-refractivity contribution is 9.10. The van der Waals surface area contributed by atoms with E-state index in [0.717, 1.165) is 81.6 Å². The molecule has 0 saturated carbocycles. The maximum atomic E-state index is 5.40. The molecule has 0 atom stereocenters. The maximum Gasteiger partial charge on any atom is 0.151 e. The van der Waals surface area contributed by atoms with Gasteiger partial charge in [-0.2, -0.15) is 0 Å². The summed E-state index contributed by atoms with van der Waals surface area (Å²) in [6.45, 7) is 8.59. The second-order valence-electron chi connectivity index (χ2n) is 7.05. The van der Waals surface area contributed by atoms with E-state index in [1.807, 2.05) is 0 Å². The Morgan fingerprint density at radius 1 is 0.778 bits per heavy atom. The quantitative estimate of drug-likeness (QED) is 0.724. The monoisotopic (exact) mass is 431 g/mol. The maximum absolute atomic E-state index is 5.40. The molecule has 0 spiro atoms. The number of rotatable bonds is 5. The van der Waals surface area contributed by atoms with Crippen molar-refractivity contribution in [2.24, 2.45) is 0 Å². The lowest BCUT2D eigenvalue weighted by molar-refractivity contribution is 0.122. The summed E-state index contributed by atoms with van der Waals surface area (Å²) in [6, 6.07) is 12.8. The number of halogens is 1. The van der Waals surface area contributed by atoms with Gasteiger partial charge in [0.1, 0.15) is 0 Å². The van der Waals surface area contributed by atoms with E-state index in [-0.39, 0.29) is 0 Å². The lowest BCUT2D eigenvalue weighted by Gasteiger charge is -2.35. The Labute approximate surface area is 169 Å². The van der Waals surface area contributed by atoms with Gasteiger partial charge < -0.3 is 14.5 Å². The van der Waals surface area contributed by atoms with Crippen LogP contribution in [0.3, 0.4) is 0 Å². The summed E-state index contributed by atoms with van der Waals surface area (Å²) < 4.78 is 6.54. The van der Waals surface area contributed by atoms with Gasteiger partial charge in [-0.15, -0.1) is 10.2 Å². The number of anilines is 2. The zero-order valence-electron chi connectivity index (χ0n) is 15.6. The van der Waals surface area contributed by atoms with Crippen molar-refractivity contribution in [2.45, 2.75) is 6.42 Å². The predicted octanol–water partition coefficient (Wildman–Crippen LogP) is 2.44. The first-order valence-electron chi connectivity index (χ1n) is 9.66. The third-order valence-corrected chi connectivity index (χ3v) is 5.83. The molecule has 2 aliphatic heterocycles. The SMILES string of the molecule is Brc1ccc(CCN2CCN(c3ccc(N4CCOCC4)nn3)CC2)cc1. The number of nitrogens with zero attached hydrogens (tertiary/aromatic N) is 5. The first kappa shape index (κ1) is 18.7. The average molecular weight is 432 g/mol. The van der Waals surface area contributed by atoms with Gasteiger partial charge in [0.15, 0.2) is 11.6 Å². The van der Waals surface area contributed by atoms with Crippen LogP contribution in [0.5, 0.6) is 0 Å². The van der Waals surface area contributed by atoms with Crippen LogP contribution < -0.4 is 9.80 Å². The van der Waals surface area contributed by atoms with Crippen LogP contribution in [-0.4, -0.2) is 74.1 Å². The first-order chi connectivity index (χ1) is 13.3. The zero-order valence-corrected chi connectivity index (χ0v) is 17.1. The second-order valence-corrected chi connectivity index (χ2v) is 7.97. The molecule has 0 radical (unpaired) electrons. The average Bonchev–Trinajstić information content (AvgIpc) is 2.75. The molecule has 0 N–H and O–H groups in total. The molecule has 7 heteroatoms. The molecule has 0 unspecified atom stereocenters. The summed E-state index contributed by atoms with van der Waals surface area (Å²) in [4.78, 5) is 7.11. The highest BCUT2D eigenvalue weighted by atomic mass is 79.9. The topological polar surface area (TPSA) is 44.7 Å². The van der Waals surface area contributed by atoms with Gasteiger partial charge in [0, 0.05) is 50.3 Å². The summed E-state index contributed by atoms with van der Waals surface area (Å²) in [6.07, 6.45) is 1.10. The van der Waals surface area contributed by atoms with Crippen LogP contribution in [-0.2, 0) is 11.2 Å². The van der Waals surface area contributed by atoms with E-state index < -0.39 is 0 Å². The van der Waals surface area contributed by atoms with Crippen LogP contribution in [0, 0.1) is 0 Å². The fraction of sp³-hybridized carbons (Fsp3) is 0.500. The number of piperazine rings is 1. The van der Waals surface area contributed by atoms with E-state index in [9.17, 15) is 0 Å². The summed E-state index contributed by atoms with van der Waals surface area (Å²) in [7, 11) is 0. The number of aromatic nitrogens is 2. The minimum Gasteiger partial charge on any atom is -0.378 e. The van der Waals surface area contributed by atoms with E-state index in [4.69, 9.17) is 4.74 Å². The fourth-order valence-electron chi connectivity index (χ4n) is 3.59. The molecule has 2 fully saturated rings. The minimum atomic E-state index is 0.769. The van der Waals surface area contributed by atoms with Crippen molar-refractivity contribution in [2.75, 3.05) is 68.8 Å². The molecule has 0 bridgehead atoms. The standard InChI is InChI=1S/C20H26BrN5O/c21-18-3-1-17(2-4-18)7-8-24-9-11-25(12-10-24)19-5-6-20(23-22-19)26-13-15-27-16-14-26/h1-6H,7-16H2. The molecule has 27 heavy (non-hydrogen) atoms. The molecule has 2 aliphatic rings. The largest absolute Gasteiger partial charge is 0.378 e. The van der Waals surface area contributed by atoms with Crippen LogP contribution in [0.15, 0.2) is 40.9 Å². The van der Waals surface area contributed by atoms with Gasteiger partial charge in [0.25, 0.3) is 0 Å². The fourth-order valence-corrected chi connectivity index (χ4v) is 3.85.